The van der Waals surface area contributed by atoms with Crippen molar-refractivity contribution in [2.45, 2.75) is 25.6 Å². The maximum absolute atomic E-state index is 12.1. The first kappa shape index (κ1) is 12.3. The lowest BCUT2D eigenvalue weighted by atomic mass is 10.1. The van der Waals surface area contributed by atoms with Gasteiger partial charge in [0.15, 0.2) is 0 Å². The van der Waals surface area contributed by atoms with E-state index in [4.69, 9.17) is 0 Å². The number of urea groups is 1. The number of anilines is 1. The van der Waals surface area contributed by atoms with Crippen molar-refractivity contribution >= 4 is 23.5 Å². The summed E-state index contributed by atoms with van der Waals surface area (Å²) >= 11 is 1.82. The number of carbonyl (C=O) groups excluding carboxylic acids is 1. The zero-order valence-corrected chi connectivity index (χ0v) is 11.1. The van der Waals surface area contributed by atoms with Crippen molar-refractivity contribution in [3.8, 4) is 0 Å². The predicted molar refractivity (Wildman–Crippen MR) is 73.5 cm³/mol. The second-order valence-electron chi connectivity index (χ2n) is 4.10. The molecular weight excluding hydrogens is 232 g/mol. The van der Waals surface area contributed by atoms with Gasteiger partial charge in [-0.05, 0) is 25.0 Å². The molecule has 1 fully saturated rings. The number of para-hydroxylation sites is 1. The lowest BCUT2D eigenvalue weighted by Crippen LogP contribution is -2.36. The molecule has 92 valence electrons. The number of aryl methyl sites for hydroxylation is 1. The summed E-state index contributed by atoms with van der Waals surface area (Å²) in [5.41, 5.74) is 2.12. The fourth-order valence-corrected chi connectivity index (χ4v) is 3.02. The molecule has 1 aromatic carbocycles. The molecule has 1 saturated heterocycles. The SMILES string of the molecule is CCc1ccccc1NC(=O)N1CCSC1C. The number of hydrogen-bond acceptors (Lipinski definition) is 2. The third-order valence-electron chi connectivity index (χ3n) is 3.03. The van der Waals surface area contributed by atoms with Crippen molar-refractivity contribution in [2.75, 3.05) is 17.6 Å². The Morgan fingerprint density at radius 1 is 1.53 bits per heavy atom. The third-order valence-corrected chi connectivity index (χ3v) is 4.19. The molecule has 4 heteroatoms. The Morgan fingerprint density at radius 2 is 2.29 bits per heavy atom. The molecule has 1 aliphatic rings. The summed E-state index contributed by atoms with van der Waals surface area (Å²) in [6, 6.07) is 7.99. The maximum atomic E-state index is 12.1. The van der Waals surface area contributed by atoms with Crippen LogP contribution in [0.4, 0.5) is 10.5 Å². The Balaban J connectivity index is 2.07. The van der Waals surface area contributed by atoms with Crippen molar-refractivity contribution in [1.82, 2.24) is 4.90 Å². The third kappa shape index (κ3) is 2.75. The van der Waals surface area contributed by atoms with Crippen molar-refractivity contribution in [2.24, 2.45) is 0 Å². The van der Waals surface area contributed by atoms with E-state index < -0.39 is 0 Å². The highest BCUT2D eigenvalue weighted by molar-refractivity contribution is 8.00. The van der Waals surface area contributed by atoms with Gasteiger partial charge in [-0.1, -0.05) is 25.1 Å². The highest BCUT2D eigenvalue weighted by Gasteiger charge is 2.25. The van der Waals surface area contributed by atoms with Crippen molar-refractivity contribution < 1.29 is 4.79 Å². The molecule has 0 aliphatic carbocycles. The summed E-state index contributed by atoms with van der Waals surface area (Å²) in [5.74, 6) is 1.03. The van der Waals surface area contributed by atoms with Gasteiger partial charge < -0.3 is 10.2 Å². The van der Waals surface area contributed by atoms with E-state index in [0.29, 0.717) is 0 Å². The van der Waals surface area contributed by atoms with Gasteiger partial charge in [0.1, 0.15) is 0 Å². The van der Waals surface area contributed by atoms with Gasteiger partial charge in [-0.3, -0.25) is 0 Å². The van der Waals surface area contributed by atoms with Crippen LogP contribution in [0.5, 0.6) is 0 Å². The van der Waals surface area contributed by atoms with Crippen LogP contribution in [0.15, 0.2) is 24.3 Å². The summed E-state index contributed by atoms with van der Waals surface area (Å²) in [4.78, 5) is 14.0. The molecule has 0 aromatic heterocycles. The molecule has 1 aromatic rings. The molecule has 1 N–H and O–H groups in total. The lowest BCUT2D eigenvalue weighted by molar-refractivity contribution is 0.216. The predicted octanol–water partition coefficient (Wildman–Crippen LogP) is 3.18. The van der Waals surface area contributed by atoms with E-state index in [1.807, 2.05) is 34.9 Å². The van der Waals surface area contributed by atoms with E-state index in [2.05, 4.69) is 25.2 Å². The lowest BCUT2D eigenvalue weighted by Gasteiger charge is -2.21. The average molecular weight is 250 g/mol. The Kier molecular flexibility index (Phi) is 3.94. The molecule has 0 saturated carbocycles. The minimum atomic E-state index is 0.0170. The van der Waals surface area contributed by atoms with Crippen molar-refractivity contribution in [3.63, 3.8) is 0 Å². The molecule has 2 rings (SSSR count). The second kappa shape index (κ2) is 5.45. The minimum Gasteiger partial charge on any atom is -0.312 e. The van der Waals surface area contributed by atoms with Gasteiger partial charge in [0, 0.05) is 18.0 Å². The average Bonchev–Trinajstić information content (AvgIpc) is 2.76. The number of nitrogens with zero attached hydrogens (tertiary/aromatic N) is 1. The summed E-state index contributed by atoms with van der Waals surface area (Å²) < 4.78 is 0. The zero-order chi connectivity index (χ0) is 12.3. The first-order valence-electron chi connectivity index (χ1n) is 5.99. The normalized spacial score (nSPS) is 19.4. The summed E-state index contributed by atoms with van der Waals surface area (Å²) in [5, 5.41) is 3.29. The van der Waals surface area contributed by atoms with Gasteiger partial charge in [0.25, 0.3) is 0 Å². The second-order valence-corrected chi connectivity index (χ2v) is 5.53. The molecule has 3 nitrogen and oxygen atoms in total. The Labute approximate surface area is 107 Å². The topological polar surface area (TPSA) is 32.3 Å². The van der Waals surface area contributed by atoms with Crippen LogP contribution in [0.1, 0.15) is 19.4 Å². The zero-order valence-electron chi connectivity index (χ0n) is 10.3. The van der Waals surface area contributed by atoms with Crippen LogP contribution in [-0.4, -0.2) is 28.6 Å². The van der Waals surface area contributed by atoms with Gasteiger partial charge in [0.05, 0.1) is 5.37 Å². The molecule has 0 bridgehead atoms. The monoisotopic (exact) mass is 250 g/mol. The molecule has 1 atom stereocenters. The Hall–Kier alpha value is -1.16. The molecule has 1 aliphatic heterocycles. The Bertz CT molecular complexity index is 408. The van der Waals surface area contributed by atoms with E-state index in [1.54, 1.807) is 0 Å². The van der Waals surface area contributed by atoms with Gasteiger partial charge in [-0.25, -0.2) is 4.79 Å². The molecule has 0 radical (unpaired) electrons. The molecular formula is C13H18N2OS. The van der Waals surface area contributed by atoms with Crippen LogP contribution in [-0.2, 0) is 6.42 Å². The number of amides is 2. The van der Waals surface area contributed by atoms with Crippen molar-refractivity contribution in [3.05, 3.63) is 29.8 Å². The first-order valence-corrected chi connectivity index (χ1v) is 7.04. The summed E-state index contributed by atoms with van der Waals surface area (Å²) in [7, 11) is 0. The molecule has 1 heterocycles. The first-order chi connectivity index (χ1) is 8.22. The number of carbonyl (C=O) groups is 1. The fraction of sp³-hybridized carbons (Fsp3) is 0.462. The van der Waals surface area contributed by atoms with E-state index in [0.717, 1.165) is 24.4 Å². The molecule has 2 amide bonds. The van der Waals surface area contributed by atoms with E-state index >= 15 is 0 Å². The number of rotatable bonds is 2. The van der Waals surface area contributed by atoms with Gasteiger partial charge in [-0.2, -0.15) is 0 Å². The van der Waals surface area contributed by atoms with Crippen LogP contribution in [0.3, 0.4) is 0 Å². The van der Waals surface area contributed by atoms with Crippen LogP contribution < -0.4 is 5.32 Å². The van der Waals surface area contributed by atoms with E-state index in [-0.39, 0.29) is 11.4 Å². The van der Waals surface area contributed by atoms with E-state index in [1.165, 1.54) is 5.56 Å². The van der Waals surface area contributed by atoms with Gasteiger partial charge in [0.2, 0.25) is 0 Å². The van der Waals surface area contributed by atoms with E-state index in [9.17, 15) is 4.79 Å². The fourth-order valence-electron chi connectivity index (χ4n) is 2.00. The molecule has 17 heavy (non-hydrogen) atoms. The smallest absolute Gasteiger partial charge is 0.312 e. The Morgan fingerprint density at radius 3 is 2.94 bits per heavy atom. The largest absolute Gasteiger partial charge is 0.322 e. The highest BCUT2D eigenvalue weighted by atomic mass is 32.2. The van der Waals surface area contributed by atoms with Gasteiger partial charge >= 0.3 is 6.03 Å². The summed E-state index contributed by atoms with van der Waals surface area (Å²) in [6.07, 6.45) is 0.931. The standard InChI is InChI=1S/C13H18N2OS/c1-3-11-6-4-5-7-12(11)14-13(16)15-8-9-17-10(15)2/h4-7,10H,3,8-9H2,1-2H3,(H,14,16). The summed E-state index contributed by atoms with van der Waals surface area (Å²) in [6.45, 7) is 5.01. The number of nitrogens with one attached hydrogen (secondary N) is 1. The minimum absolute atomic E-state index is 0.0170. The number of benzene rings is 1. The van der Waals surface area contributed by atoms with Crippen LogP contribution in [0, 0.1) is 0 Å². The maximum Gasteiger partial charge on any atom is 0.322 e. The van der Waals surface area contributed by atoms with Crippen LogP contribution >= 0.6 is 11.8 Å². The quantitative estimate of drug-likeness (QED) is 0.874. The number of thioether (sulfide) groups is 1. The highest BCUT2D eigenvalue weighted by Crippen LogP contribution is 2.24. The number of hydrogen-bond donors (Lipinski definition) is 1. The van der Waals surface area contributed by atoms with Crippen molar-refractivity contribution in [1.29, 1.82) is 0 Å². The van der Waals surface area contributed by atoms with Gasteiger partial charge in [-0.15, -0.1) is 11.8 Å². The molecule has 1 unspecified atom stereocenters. The van der Waals surface area contributed by atoms with Crippen LogP contribution in [0.2, 0.25) is 0 Å². The van der Waals surface area contributed by atoms with Crippen LogP contribution in [0.25, 0.3) is 0 Å². The molecule has 0 spiro atoms.